The minimum atomic E-state index is 0.0205. The number of hydrogen-bond donors (Lipinski definition) is 0. The smallest absolute Gasteiger partial charge is 0.0541 e. The lowest BCUT2D eigenvalue weighted by Gasteiger charge is -2.30. The maximum Gasteiger partial charge on any atom is 0.0541 e. The molecule has 0 saturated carbocycles. The Morgan fingerprint density at radius 2 is 1.26 bits per heavy atom. The third-order valence-corrected chi connectivity index (χ3v) is 11.6. The molecule has 0 fully saturated rings. The largest absolute Gasteiger partial charge is 0.310 e. The van der Waals surface area contributed by atoms with Crippen LogP contribution < -0.4 is 4.90 Å². The van der Waals surface area contributed by atoms with Gasteiger partial charge >= 0.3 is 0 Å². The number of pyridine rings is 1. The van der Waals surface area contributed by atoms with Gasteiger partial charge < -0.3 is 9.47 Å². The van der Waals surface area contributed by atoms with E-state index in [4.69, 9.17) is 0 Å². The Bertz CT molecular complexity index is 2700. The molecule has 254 valence electrons. The Morgan fingerprint density at radius 3 is 2.11 bits per heavy atom. The summed E-state index contributed by atoms with van der Waals surface area (Å²) in [4.78, 5) is 6.81. The van der Waals surface area contributed by atoms with Gasteiger partial charge in [0.15, 0.2) is 0 Å². The van der Waals surface area contributed by atoms with Crippen LogP contribution in [0.25, 0.3) is 49.7 Å². The number of allylic oxidation sites excluding steroid dienone is 4. The summed E-state index contributed by atoms with van der Waals surface area (Å²) >= 11 is 0. The standard InChI is InChI=1S/C50H39N3/c1-50(2)46-19-8-6-17-42(46)43-27-26-41(32-47(43)50)52(40-16-10-12-35(30-40)37-13-11-29-51-33-37)39-24-21-34(22-25-39)36-23-28-49-45(31-36)44-18-7-9-20-48(44)53(49)38-14-4-3-5-15-38/h3-33,42,46H,1-2H3. The van der Waals surface area contributed by atoms with Crippen molar-refractivity contribution in [1.29, 1.82) is 0 Å². The van der Waals surface area contributed by atoms with E-state index in [1.165, 1.54) is 49.7 Å². The molecule has 6 aromatic carbocycles. The van der Waals surface area contributed by atoms with Crippen molar-refractivity contribution in [3.8, 4) is 27.9 Å². The zero-order valence-electron chi connectivity index (χ0n) is 29.9. The Labute approximate surface area is 310 Å². The molecule has 8 aromatic rings. The van der Waals surface area contributed by atoms with Gasteiger partial charge in [0.05, 0.1) is 11.0 Å². The van der Waals surface area contributed by atoms with Gasteiger partial charge in [-0.1, -0.05) is 117 Å². The van der Waals surface area contributed by atoms with E-state index in [0.29, 0.717) is 11.8 Å². The molecular formula is C50H39N3. The van der Waals surface area contributed by atoms with E-state index in [-0.39, 0.29) is 5.41 Å². The summed E-state index contributed by atoms with van der Waals surface area (Å²) in [6.07, 6.45) is 13.0. The zero-order valence-corrected chi connectivity index (χ0v) is 29.9. The van der Waals surface area contributed by atoms with Crippen molar-refractivity contribution in [3.63, 3.8) is 0 Å². The molecule has 2 aliphatic carbocycles. The second kappa shape index (κ2) is 12.4. The van der Waals surface area contributed by atoms with Gasteiger partial charge in [0.2, 0.25) is 0 Å². The van der Waals surface area contributed by atoms with Crippen LogP contribution in [-0.4, -0.2) is 9.55 Å². The molecule has 2 heterocycles. The van der Waals surface area contributed by atoms with Crippen LogP contribution in [0.15, 0.2) is 188 Å². The molecule has 10 rings (SSSR count). The number of benzene rings is 6. The van der Waals surface area contributed by atoms with Crippen LogP contribution in [0.3, 0.4) is 0 Å². The van der Waals surface area contributed by atoms with Crippen LogP contribution in [0.4, 0.5) is 17.1 Å². The monoisotopic (exact) mass is 681 g/mol. The summed E-state index contributed by atoms with van der Waals surface area (Å²) in [5.74, 6) is 0.873. The summed E-state index contributed by atoms with van der Waals surface area (Å²) in [6.45, 7) is 4.81. The van der Waals surface area contributed by atoms with E-state index in [1.807, 2.05) is 18.5 Å². The Morgan fingerprint density at radius 1 is 0.547 bits per heavy atom. The number of rotatable bonds is 6. The Kier molecular flexibility index (Phi) is 7.29. The minimum absolute atomic E-state index is 0.0205. The van der Waals surface area contributed by atoms with Crippen molar-refractivity contribution in [2.24, 2.45) is 5.92 Å². The molecule has 0 N–H and O–H groups in total. The SMILES string of the molecule is CC1(C)c2cc(N(c3ccc(-c4ccc5c(c4)c4ccccc4n5-c4ccccc4)cc3)c3cccc(-c4cccnc4)c3)ccc2C2C=CC=CC21. The highest BCUT2D eigenvalue weighted by Crippen LogP contribution is 2.54. The van der Waals surface area contributed by atoms with Gasteiger partial charge in [0.1, 0.15) is 0 Å². The molecule has 3 nitrogen and oxygen atoms in total. The van der Waals surface area contributed by atoms with Crippen LogP contribution in [0.1, 0.15) is 30.9 Å². The van der Waals surface area contributed by atoms with Crippen LogP contribution in [0.2, 0.25) is 0 Å². The summed E-state index contributed by atoms with van der Waals surface area (Å²) in [5.41, 5.74) is 14.5. The number of para-hydroxylation sites is 2. The first-order valence-electron chi connectivity index (χ1n) is 18.5. The van der Waals surface area contributed by atoms with Gasteiger partial charge in [-0.2, -0.15) is 0 Å². The van der Waals surface area contributed by atoms with Crippen molar-refractivity contribution >= 4 is 38.9 Å². The number of anilines is 3. The first kappa shape index (κ1) is 31.3. The fourth-order valence-electron chi connectivity index (χ4n) is 8.92. The van der Waals surface area contributed by atoms with Gasteiger partial charge in [-0.25, -0.2) is 0 Å². The third kappa shape index (κ3) is 5.15. The average Bonchev–Trinajstić information content (AvgIpc) is 3.67. The summed E-state index contributed by atoms with van der Waals surface area (Å²) in [6, 6.07) is 55.4. The molecule has 2 atom stereocenters. The van der Waals surface area contributed by atoms with Crippen molar-refractivity contribution in [2.45, 2.75) is 25.2 Å². The average molecular weight is 682 g/mol. The highest BCUT2D eigenvalue weighted by molar-refractivity contribution is 6.10. The molecule has 3 heteroatoms. The van der Waals surface area contributed by atoms with Gasteiger partial charge in [-0.05, 0) is 112 Å². The highest BCUT2D eigenvalue weighted by atomic mass is 15.1. The van der Waals surface area contributed by atoms with Crippen LogP contribution in [0.5, 0.6) is 0 Å². The first-order chi connectivity index (χ1) is 26.0. The number of hydrogen-bond acceptors (Lipinski definition) is 2. The third-order valence-electron chi connectivity index (χ3n) is 11.6. The quantitative estimate of drug-likeness (QED) is 0.174. The van der Waals surface area contributed by atoms with E-state index in [1.54, 1.807) is 0 Å². The second-order valence-corrected chi connectivity index (χ2v) is 14.9. The van der Waals surface area contributed by atoms with E-state index in [0.717, 1.165) is 28.2 Å². The van der Waals surface area contributed by atoms with E-state index in [2.05, 4.69) is 198 Å². The van der Waals surface area contributed by atoms with Crippen molar-refractivity contribution in [3.05, 3.63) is 199 Å². The molecule has 2 aromatic heterocycles. The second-order valence-electron chi connectivity index (χ2n) is 14.9. The van der Waals surface area contributed by atoms with E-state index < -0.39 is 0 Å². The number of nitrogens with zero attached hydrogens (tertiary/aromatic N) is 3. The molecule has 53 heavy (non-hydrogen) atoms. The van der Waals surface area contributed by atoms with Crippen LogP contribution in [0, 0.1) is 5.92 Å². The molecule has 0 bridgehead atoms. The minimum Gasteiger partial charge on any atom is -0.310 e. The normalized spacial score (nSPS) is 16.9. The summed E-state index contributed by atoms with van der Waals surface area (Å²) in [7, 11) is 0. The number of aromatic nitrogens is 2. The lowest BCUT2D eigenvalue weighted by atomic mass is 9.74. The highest BCUT2D eigenvalue weighted by Gasteiger charge is 2.44. The van der Waals surface area contributed by atoms with Crippen molar-refractivity contribution in [2.75, 3.05) is 4.90 Å². The lowest BCUT2D eigenvalue weighted by Crippen LogP contribution is -2.24. The van der Waals surface area contributed by atoms with Crippen LogP contribution >= 0.6 is 0 Å². The predicted molar refractivity (Wildman–Crippen MR) is 222 cm³/mol. The van der Waals surface area contributed by atoms with Gasteiger partial charge in [-0.15, -0.1) is 0 Å². The maximum atomic E-state index is 4.41. The Hall–Kier alpha value is -6.45. The number of fused-ring (bicyclic) bond motifs is 6. The fourth-order valence-corrected chi connectivity index (χ4v) is 8.92. The molecule has 2 aliphatic rings. The summed E-state index contributed by atoms with van der Waals surface area (Å²) in [5, 5.41) is 2.51. The first-order valence-corrected chi connectivity index (χ1v) is 18.5. The van der Waals surface area contributed by atoms with Gasteiger partial charge in [0, 0.05) is 57.4 Å². The fraction of sp³-hybridized carbons (Fsp3) is 0.100. The molecular weight excluding hydrogens is 643 g/mol. The van der Waals surface area contributed by atoms with Crippen molar-refractivity contribution in [1.82, 2.24) is 9.55 Å². The Balaban J connectivity index is 1.08. The van der Waals surface area contributed by atoms with E-state index in [9.17, 15) is 0 Å². The molecule has 0 saturated heterocycles. The molecule has 0 aliphatic heterocycles. The molecule has 0 spiro atoms. The van der Waals surface area contributed by atoms with Gasteiger partial charge in [0.25, 0.3) is 0 Å². The molecule has 0 amide bonds. The predicted octanol–water partition coefficient (Wildman–Crippen LogP) is 13.1. The topological polar surface area (TPSA) is 21.1 Å². The van der Waals surface area contributed by atoms with E-state index >= 15 is 0 Å². The van der Waals surface area contributed by atoms with Crippen molar-refractivity contribution < 1.29 is 0 Å². The van der Waals surface area contributed by atoms with Crippen LogP contribution in [-0.2, 0) is 5.41 Å². The lowest BCUT2D eigenvalue weighted by molar-refractivity contribution is 0.394. The van der Waals surface area contributed by atoms with Gasteiger partial charge in [-0.3, -0.25) is 4.98 Å². The molecule has 0 radical (unpaired) electrons. The zero-order chi connectivity index (χ0) is 35.5. The maximum absolute atomic E-state index is 4.41. The summed E-state index contributed by atoms with van der Waals surface area (Å²) < 4.78 is 2.37. The molecule has 2 unspecified atom stereocenters.